The van der Waals surface area contributed by atoms with Gasteiger partial charge in [-0.1, -0.05) is 6.07 Å². The van der Waals surface area contributed by atoms with Crippen molar-refractivity contribution in [3.05, 3.63) is 60.0 Å². The Morgan fingerprint density at radius 2 is 1.92 bits per heavy atom. The van der Waals surface area contributed by atoms with Gasteiger partial charge >= 0.3 is 0 Å². The molecule has 6 heterocycles. The summed E-state index contributed by atoms with van der Waals surface area (Å²) in [6.45, 7) is 4.55. The number of aryl methyl sites for hydroxylation is 1. The van der Waals surface area contributed by atoms with E-state index in [9.17, 15) is 10.4 Å². The van der Waals surface area contributed by atoms with Gasteiger partial charge in [0.25, 0.3) is 0 Å². The number of anilines is 1. The first-order valence-corrected chi connectivity index (χ1v) is 13.1. The van der Waals surface area contributed by atoms with Crippen LogP contribution < -0.4 is 14.4 Å². The molecule has 7 rings (SSSR count). The Balaban J connectivity index is 1.23. The third-order valence-electron chi connectivity index (χ3n) is 7.64. The van der Waals surface area contributed by atoms with E-state index in [4.69, 9.17) is 14.5 Å². The molecule has 10 nitrogen and oxygen atoms in total. The number of nitriles is 1. The fourth-order valence-electron chi connectivity index (χ4n) is 5.72. The van der Waals surface area contributed by atoms with Crippen molar-refractivity contribution in [1.29, 1.82) is 5.26 Å². The predicted molar refractivity (Wildman–Crippen MR) is 147 cm³/mol. The third kappa shape index (κ3) is 4.64. The molecule has 2 bridgehead atoms. The molecule has 3 saturated heterocycles. The maximum absolute atomic E-state index is 9.80. The summed E-state index contributed by atoms with van der Waals surface area (Å²) in [5, 5.41) is 24.7. The largest absolute Gasteiger partial charge is 0.490 e. The zero-order valence-corrected chi connectivity index (χ0v) is 22.3. The lowest BCUT2D eigenvalue weighted by atomic mass is 9.87. The molecular formula is C29H31N7O3. The molecule has 3 aromatic heterocycles. The zero-order valence-electron chi connectivity index (χ0n) is 22.3. The number of methoxy groups -OCH3 is 1. The van der Waals surface area contributed by atoms with E-state index in [1.165, 1.54) is 12.0 Å². The van der Waals surface area contributed by atoms with Gasteiger partial charge in [-0.3, -0.25) is 9.58 Å². The number of fused-ring (bicyclic) bond motifs is 3. The quantitative estimate of drug-likeness (QED) is 0.371. The summed E-state index contributed by atoms with van der Waals surface area (Å²) in [6.07, 6.45) is 4.31. The van der Waals surface area contributed by atoms with Gasteiger partial charge in [-0.2, -0.15) is 10.4 Å². The van der Waals surface area contributed by atoms with Gasteiger partial charge in [0.05, 0.1) is 18.7 Å². The molecule has 200 valence electrons. The number of rotatable bonds is 8. The molecule has 39 heavy (non-hydrogen) atoms. The third-order valence-corrected chi connectivity index (χ3v) is 7.64. The summed E-state index contributed by atoms with van der Waals surface area (Å²) in [5.74, 6) is 2.16. The molecule has 0 amide bonds. The van der Waals surface area contributed by atoms with Gasteiger partial charge in [0.15, 0.2) is 5.69 Å². The average molecular weight is 526 g/mol. The maximum atomic E-state index is 9.80. The first kappa shape index (κ1) is 25.1. The number of piperazine rings is 1. The minimum atomic E-state index is -0.621. The van der Waals surface area contributed by atoms with E-state index in [1.807, 2.05) is 49.8 Å². The SMILES string of the molecule is COc1ccc(CN2C3CC2CN(c2ccc(-c4c(OC[C@@H](C)O)ccc5c4c(C#N)nn5C)cn2)C3)cn1. The molecule has 10 heteroatoms. The predicted octanol–water partition coefficient (Wildman–Crippen LogP) is 3.13. The second kappa shape index (κ2) is 10.2. The summed E-state index contributed by atoms with van der Waals surface area (Å²) in [5.41, 5.74) is 3.95. The Labute approximate surface area is 227 Å². The highest BCUT2D eigenvalue weighted by Crippen LogP contribution is 2.40. The van der Waals surface area contributed by atoms with Crippen molar-refractivity contribution < 1.29 is 14.6 Å². The molecule has 3 aliphatic heterocycles. The minimum absolute atomic E-state index is 0.145. The standard InChI is InChI=1S/C29H31N7O3/c1-18(37)17-39-25-7-6-24-29(23(11-30)33-34(24)2)28(25)20-5-8-26(31-13-20)35-15-21-10-22(16-35)36(21)14-19-4-9-27(38-3)32-12-19/h4-9,12-13,18,21-22,37H,10,14-17H2,1-3H3/t18-,21?,22?/m1/s1. The van der Waals surface area contributed by atoms with Crippen LogP contribution in [0.3, 0.4) is 0 Å². The van der Waals surface area contributed by atoms with E-state index >= 15 is 0 Å². The van der Waals surface area contributed by atoms with E-state index in [-0.39, 0.29) is 6.61 Å². The molecule has 1 aromatic carbocycles. The van der Waals surface area contributed by atoms with Gasteiger partial charge in [0.1, 0.15) is 24.2 Å². The van der Waals surface area contributed by atoms with Crippen molar-refractivity contribution in [3.8, 4) is 28.8 Å². The smallest absolute Gasteiger partial charge is 0.212 e. The van der Waals surface area contributed by atoms with Crippen molar-refractivity contribution in [2.45, 2.75) is 38.1 Å². The highest BCUT2D eigenvalue weighted by atomic mass is 16.5. The lowest BCUT2D eigenvalue weighted by Gasteiger charge is -2.56. The molecule has 0 radical (unpaired) electrons. The molecule has 2 unspecified atom stereocenters. The number of aliphatic hydroxyl groups excluding tert-OH is 1. The van der Waals surface area contributed by atoms with Gasteiger partial charge in [-0.25, -0.2) is 9.97 Å². The van der Waals surface area contributed by atoms with Gasteiger partial charge in [-0.05, 0) is 43.2 Å². The minimum Gasteiger partial charge on any atom is -0.490 e. The first-order valence-electron chi connectivity index (χ1n) is 13.1. The van der Waals surface area contributed by atoms with Crippen molar-refractivity contribution in [2.75, 3.05) is 31.7 Å². The molecule has 3 fully saturated rings. The normalized spacial score (nSPS) is 19.4. The van der Waals surface area contributed by atoms with Crippen molar-refractivity contribution in [2.24, 2.45) is 7.05 Å². The lowest BCUT2D eigenvalue weighted by molar-refractivity contribution is -0.00876. The Kier molecular flexibility index (Phi) is 6.54. The molecule has 0 spiro atoms. The van der Waals surface area contributed by atoms with E-state index in [2.05, 4.69) is 32.0 Å². The number of aliphatic hydroxyl groups is 1. The lowest BCUT2D eigenvalue weighted by Crippen LogP contribution is -2.68. The van der Waals surface area contributed by atoms with E-state index in [1.54, 1.807) is 18.7 Å². The van der Waals surface area contributed by atoms with E-state index < -0.39 is 6.10 Å². The number of benzene rings is 1. The topological polar surface area (TPSA) is 113 Å². The number of aromatic nitrogens is 4. The summed E-state index contributed by atoms with van der Waals surface area (Å²) < 4.78 is 12.8. The van der Waals surface area contributed by atoms with Crippen LogP contribution in [0.5, 0.6) is 11.6 Å². The first-order chi connectivity index (χ1) is 18.9. The van der Waals surface area contributed by atoms with Crippen LogP contribution in [0.1, 0.15) is 24.6 Å². The van der Waals surface area contributed by atoms with Gasteiger partial charge in [0, 0.05) is 73.7 Å². The second-order valence-electron chi connectivity index (χ2n) is 10.3. The molecule has 4 aromatic rings. The van der Waals surface area contributed by atoms with Crippen molar-refractivity contribution in [3.63, 3.8) is 0 Å². The average Bonchev–Trinajstić information content (AvgIpc) is 3.30. The van der Waals surface area contributed by atoms with Gasteiger partial charge in [0.2, 0.25) is 5.88 Å². The van der Waals surface area contributed by atoms with Crippen LogP contribution in [0.25, 0.3) is 22.0 Å². The fourth-order valence-corrected chi connectivity index (χ4v) is 5.72. The maximum Gasteiger partial charge on any atom is 0.212 e. The highest BCUT2D eigenvalue weighted by molar-refractivity contribution is 6.01. The number of pyridine rings is 2. The molecule has 1 N–H and O–H groups in total. The fraction of sp³-hybridized carbons (Fsp3) is 0.379. The van der Waals surface area contributed by atoms with Crippen molar-refractivity contribution >= 4 is 16.7 Å². The highest BCUT2D eigenvalue weighted by Gasteiger charge is 2.44. The molecule has 3 aliphatic rings. The summed E-state index contributed by atoms with van der Waals surface area (Å²) >= 11 is 0. The van der Waals surface area contributed by atoms with E-state index in [0.717, 1.165) is 47.5 Å². The number of hydrogen-bond acceptors (Lipinski definition) is 9. The van der Waals surface area contributed by atoms with Crippen LogP contribution in [0, 0.1) is 11.3 Å². The van der Waals surface area contributed by atoms with Gasteiger partial charge in [-0.15, -0.1) is 0 Å². The van der Waals surface area contributed by atoms with Crippen LogP contribution >= 0.6 is 0 Å². The Morgan fingerprint density at radius 1 is 1.10 bits per heavy atom. The monoisotopic (exact) mass is 525 g/mol. The van der Waals surface area contributed by atoms with Crippen LogP contribution in [0.2, 0.25) is 0 Å². The van der Waals surface area contributed by atoms with Gasteiger partial charge < -0.3 is 19.5 Å². The number of nitrogens with zero attached hydrogens (tertiary/aromatic N) is 7. The zero-order chi connectivity index (χ0) is 27.1. The summed E-state index contributed by atoms with van der Waals surface area (Å²) in [7, 11) is 3.45. The Hall–Kier alpha value is -4.20. The Morgan fingerprint density at radius 3 is 2.56 bits per heavy atom. The number of hydrogen-bond donors (Lipinski definition) is 1. The molecular weight excluding hydrogens is 494 g/mol. The second-order valence-corrected chi connectivity index (χ2v) is 10.3. The molecule has 0 aliphatic carbocycles. The summed E-state index contributed by atoms with van der Waals surface area (Å²) in [6, 6.07) is 15.0. The molecule has 3 atom stereocenters. The Bertz CT molecular complexity index is 1510. The van der Waals surface area contributed by atoms with Crippen molar-refractivity contribution in [1.82, 2.24) is 24.6 Å². The van der Waals surface area contributed by atoms with Crippen LogP contribution in [-0.2, 0) is 13.6 Å². The van der Waals surface area contributed by atoms with Crippen LogP contribution in [0.4, 0.5) is 5.82 Å². The molecule has 0 saturated carbocycles. The number of ether oxygens (including phenoxy) is 2. The van der Waals surface area contributed by atoms with Crippen LogP contribution in [-0.4, -0.2) is 74.7 Å². The van der Waals surface area contributed by atoms with E-state index in [0.29, 0.717) is 29.4 Å². The number of piperidine rings is 1. The van der Waals surface area contributed by atoms with Crippen LogP contribution in [0.15, 0.2) is 48.8 Å². The summed E-state index contributed by atoms with van der Waals surface area (Å²) in [4.78, 5) is 14.1.